The zero-order valence-electron chi connectivity index (χ0n) is 11.5. The molecule has 2 nitrogen and oxygen atoms in total. The molecule has 0 unspecified atom stereocenters. The van der Waals surface area contributed by atoms with E-state index in [2.05, 4.69) is 0 Å². The highest BCUT2D eigenvalue weighted by Crippen LogP contribution is 2.14. The lowest BCUT2D eigenvalue weighted by molar-refractivity contribution is 0.439. The predicted octanol–water partition coefficient (Wildman–Crippen LogP) is 3.54. The molecule has 0 heterocycles. The Morgan fingerprint density at radius 2 is 0.857 bits per heavy atom. The predicted molar refractivity (Wildman–Crippen MR) is 86.0 cm³/mol. The van der Waals surface area contributed by atoms with Crippen LogP contribution in [0.25, 0.3) is 0 Å². The third kappa shape index (κ3) is 3.74. The van der Waals surface area contributed by atoms with Gasteiger partial charge in [-0.2, -0.15) is 0 Å². The van der Waals surface area contributed by atoms with Gasteiger partial charge in [0.2, 0.25) is 0 Å². The van der Waals surface area contributed by atoms with Crippen molar-refractivity contribution in [3.05, 3.63) is 91.0 Å². The molecule has 0 spiro atoms. The van der Waals surface area contributed by atoms with Crippen LogP contribution in [0.1, 0.15) is 0 Å². The molecule has 3 aromatic rings. The van der Waals surface area contributed by atoms with Gasteiger partial charge < -0.3 is 8.85 Å². The maximum Gasteiger partial charge on any atom is 0.572 e. The first-order valence-electron chi connectivity index (χ1n) is 6.80. The molecule has 3 aromatic carbocycles. The molecule has 103 valence electrons. The molecule has 1 radical (unpaired) electrons. The van der Waals surface area contributed by atoms with Crippen LogP contribution >= 0.6 is 0 Å². The summed E-state index contributed by atoms with van der Waals surface area (Å²) in [4.78, 5) is 0. The van der Waals surface area contributed by atoms with E-state index in [1.54, 1.807) is 0 Å². The summed E-state index contributed by atoms with van der Waals surface area (Å²) in [6.45, 7) is 0. The molecule has 0 aliphatic heterocycles. The third-order valence-corrected chi connectivity index (χ3v) is 4.56. The van der Waals surface area contributed by atoms with Crippen molar-refractivity contribution < 1.29 is 8.85 Å². The van der Waals surface area contributed by atoms with Crippen molar-refractivity contribution in [2.75, 3.05) is 0 Å². The van der Waals surface area contributed by atoms with E-state index in [1.165, 1.54) is 0 Å². The van der Waals surface area contributed by atoms with Crippen molar-refractivity contribution in [1.29, 1.82) is 0 Å². The van der Waals surface area contributed by atoms with Gasteiger partial charge in [-0.1, -0.05) is 66.7 Å². The quantitative estimate of drug-likeness (QED) is 0.669. The second kappa shape index (κ2) is 6.77. The van der Waals surface area contributed by atoms with Crippen LogP contribution in [0.15, 0.2) is 91.0 Å². The lowest BCUT2D eigenvalue weighted by Crippen LogP contribution is -2.42. The van der Waals surface area contributed by atoms with Gasteiger partial charge >= 0.3 is 9.28 Å². The van der Waals surface area contributed by atoms with Gasteiger partial charge in [0.15, 0.2) is 0 Å². The molecule has 0 atom stereocenters. The van der Waals surface area contributed by atoms with Crippen molar-refractivity contribution in [2.24, 2.45) is 0 Å². The minimum Gasteiger partial charge on any atom is -0.507 e. The first-order chi connectivity index (χ1) is 10.4. The third-order valence-electron chi connectivity index (χ3n) is 2.92. The molecule has 3 rings (SSSR count). The Labute approximate surface area is 126 Å². The standard InChI is InChI=1S/C18H15O2Si/c1-4-10-16(11-5-1)19-21(18-14-8-3-9-15-18)20-17-12-6-2-7-13-17/h1-15H. The maximum atomic E-state index is 6.08. The molecular formula is C18H15O2Si. The summed E-state index contributed by atoms with van der Waals surface area (Å²) in [6.07, 6.45) is 0. The zero-order valence-corrected chi connectivity index (χ0v) is 12.5. The van der Waals surface area contributed by atoms with E-state index in [0.717, 1.165) is 16.7 Å². The van der Waals surface area contributed by atoms with Gasteiger partial charge in [0, 0.05) is 5.19 Å². The number of para-hydroxylation sites is 2. The van der Waals surface area contributed by atoms with Gasteiger partial charge in [-0.15, -0.1) is 0 Å². The van der Waals surface area contributed by atoms with Crippen LogP contribution < -0.4 is 14.0 Å². The fourth-order valence-electron chi connectivity index (χ4n) is 1.90. The first-order valence-corrected chi connectivity index (χ1v) is 8.12. The lowest BCUT2D eigenvalue weighted by atomic mass is 10.3. The van der Waals surface area contributed by atoms with Crippen LogP contribution in [-0.4, -0.2) is 9.28 Å². The Morgan fingerprint density at radius 1 is 0.476 bits per heavy atom. The largest absolute Gasteiger partial charge is 0.572 e. The van der Waals surface area contributed by atoms with Gasteiger partial charge in [0.1, 0.15) is 11.5 Å². The molecule has 0 saturated heterocycles. The van der Waals surface area contributed by atoms with Crippen LogP contribution in [0, 0.1) is 0 Å². The SMILES string of the molecule is c1ccc(O[Si](Oc2ccccc2)c2ccccc2)cc1. The topological polar surface area (TPSA) is 18.5 Å². The number of hydrogen-bond donors (Lipinski definition) is 0. The number of rotatable bonds is 5. The van der Waals surface area contributed by atoms with E-state index in [1.807, 2.05) is 91.0 Å². The second-order valence-corrected chi connectivity index (χ2v) is 6.04. The second-order valence-electron chi connectivity index (χ2n) is 4.48. The average Bonchev–Trinajstić information content (AvgIpc) is 2.57. The Bertz CT molecular complexity index is 615. The van der Waals surface area contributed by atoms with Crippen molar-refractivity contribution >= 4 is 14.5 Å². The van der Waals surface area contributed by atoms with Gasteiger partial charge in [0.05, 0.1) is 0 Å². The Morgan fingerprint density at radius 3 is 1.29 bits per heavy atom. The highest BCUT2D eigenvalue weighted by molar-refractivity contribution is 6.62. The Hall–Kier alpha value is -2.52. The van der Waals surface area contributed by atoms with Crippen LogP contribution in [0.3, 0.4) is 0 Å². The monoisotopic (exact) mass is 291 g/mol. The van der Waals surface area contributed by atoms with E-state index < -0.39 is 9.28 Å². The lowest BCUT2D eigenvalue weighted by Gasteiger charge is -2.17. The summed E-state index contributed by atoms with van der Waals surface area (Å²) in [5.74, 6) is 1.65. The molecule has 0 amide bonds. The summed E-state index contributed by atoms with van der Waals surface area (Å²) in [6, 6.07) is 29.7. The molecule has 0 N–H and O–H groups in total. The minimum atomic E-state index is -1.63. The van der Waals surface area contributed by atoms with Gasteiger partial charge in [-0.3, -0.25) is 0 Å². The van der Waals surface area contributed by atoms with Crippen molar-refractivity contribution in [3.8, 4) is 11.5 Å². The Kier molecular flexibility index (Phi) is 4.34. The maximum absolute atomic E-state index is 6.08. The van der Waals surface area contributed by atoms with Gasteiger partial charge in [0.25, 0.3) is 0 Å². The van der Waals surface area contributed by atoms with Gasteiger partial charge in [-0.05, 0) is 24.3 Å². The molecule has 0 aromatic heterocycles. The summed E-state index contributed by atoms with van der Waals surface area (Å²) in [7, 11) is -1.63. The van der Waals surface area contributed by atoms with Crippen molar-refractivity contribution in [1.82, 2.24) is 0 Å². The minimum absolute atomic E-state index is 0.825. The van der Waals surface area contributed by atoms with E-state index in [4.69, 9.17) is 8.85 Å². The molecule has 0 aliphatic carbocycles. The molecule has 0 fully saturated rings. The van der Waals surface area contributed by atoms with Crippen LogP contribution in [0.4, 0.5) is 0 Å². The molecule has 0 aliphatic rings. The number of hydrogen-bond acceptors (Lipinski definition) is 2. The normalized spacial score (nSPS) is 10.3. The molecule has 21 heavy (non-hydrogen) atoms. The number of benzene rings is 3. The van der Waals surface area contributed by atoms with E-state index in [-0.39, 0.29) is 0 Å². The Balaban J connectivity index is 1.84. The average molecular weight is 291 g/mol. The zero-order chi connectivity index (χ0) is 14.3. The van der Waals surface area contributed by atoms with Crippen LogP contribution in [0.5, 0.6) is 11.5 Å². The van der Waals surface area contributed by atoms with E-state index in [0.29, 0.717) is 0 Å². The fraction of sp³-hybridized carbons (Fsp3) is 0. The summed E-state index contributed by atoms with van der Waals surface area (Å²) in [5, 5.41) is 1.08. The van der Waals surface area contributed by atoms with Crippen molar-refractivity contribution in [3.63, 3.8) is 0 Å². The van der Waals surface area contributed by atoms with Crippen LogP contribution in [-0.2, 0) is 0 Å². The molecule has 3 heteroatoms. The smallest absolute Gasteiger partial charge is 0.507 e. The van der Waals surface area contributed by atoms with E-state index in [9.17, 15) is 0 Å². The molecule has 0 saturated carbocycles. The van der Waals surface area contributed by atoms with Crippen molar-refractivity contribution in [2.45, 2.75) is 0 Å². The highest BCUT2D eigenvalue weighted by Gasteiger charge is 2.24. The molecule has 0 bridgehead atoms. The molecular weight excluding hydrogens is 276 g/mol. The van der Waals surface area contributed by atoms with Crippen LogP contribution in [0.2, 0.25) is 0 Å². The summed E-state index contributed by atoms with van der Waals surface area (Å²) >= 11 is 0. The fourth-order valence-corrected chi connectivity index (χ4v) is 3.35. The summed E-state index contributed by atoms with van der Waals surface area (Å²) < 4.78 is 12.2. The van der Waals surface area contributed by atoms with E-state index >= 15 is 0 Å². The summed E-state index contributed by atoms with van der Waals surface area (Å²) in [5.41, 5.74) is 0. The highest BCUT2D eigenvalue weighted by atomic mass is 28.3. The van der Waals surface area contributed by atoms with Gasteiger partial charge in [-0.25, -0.2) is 0 Å². The first kappa shape index (κ1) is 13.5.